The van der Waals surface area contributed by atoms with Crippen LogP contribution in [-0.2, 0) is 4.79 Å². The Hall–Kier alpha value is -3.12. The third kappa shape index (κ3) is 5.68. The second kappa shape index (κ2) is 9.89. The molecule has 0 bridgehead atoms. The van der Waals surface area contributed by atoms with Crippen LogP contribution in [0.5, 0.6) is 11.5 Å². The lowest BCUT2D eigenvalue weighted by Crippen LogP contribution is -2.25. The van der Waals surface area contributed by atoms with Gasteiger partial charge in [0, 0.05) is 4.47 Å². The van der Waals surface area contributed by atoms with Crippen LogP contribution in [0.1, 0.15) is 12.5 Å². The average Bonchev–Trinajstić information content (AvgIpc) is 2.77. The topological polar surface area (TPSA) is 59.9 Å². The monoisotopic (exact) mass is 452 g/mol. The van der Waals surface area contributed by atoms with E-state index in [-0.39, 0.29) is 12.5 Å². The Bertz CT molecular complexity index is 1000. The van der Waals surface area contributed by atoms with Gasteiger partial charge in [0.1, 0.15) is 0 Å². The summed E-state index contributed by atoms with van der Waals surface area (Å²) in [6, 6.07) is 23.5. The lowest BCUT2D eigenvalue weighted by Gasteiger charge is -2.10. The van der Waals surface area contributed by atoms with Crippen molar-refractivity contribution in [2.24, 2.45) is 5.10 Å². The molecule has 0 aromatic heterocycles. The van der Waals surface area contributed by atoms with Gasteiger partial charge < -0.3 is 9.47 Å². The molecule has 0 unspecified atom stereocenters. The zero-order valence-electron chi connectivity index (χ0n) is 16.2. The van der Waals surface area contributed by atoms with E-state index >= 15 is 0 Å². The van der Waals surface area contributed by atoms with Gasteiger partial charge >= 0.3 is 0 Å². The number of nitrogens with zero attached hydrogens (tertiary/aromatic N) is 1. The minimum absolute atomic E-state index is 0.165. The maximum absolute atomic E-state index is 12.1. The molecule has 0 radical (unpaired) electrons. The normalized spacial score (nSPS) is 11.1. The molecule has 5 nitrogen and oxygen atoms in total. The van der Waals surface area contributed by atoms with Gasteiger partial charge in [0.05, 0.1) is 12.8 Å². The van der Waals surface area contributed by atoms with E-state index in [9.17, 15) is 4.79 Å². The fourth-order valence-electron chi connectivity index (χ4n) is 2.68. The Labute approximate surface area is 178 Å². The first-order valence-corrected chi connectivity index (χ1v) is 9.81. The molecule has 0 fully saturated rings. The maximum atomic E-state index is 12.1. The van der Waals surface area contributed by atoms with E-state index in [2.05, 4.69) is 38.6 Å². The summed E-state index contributed by atoms with van der Waals surface area (Å²) in [5.41, 5.74) is 6.44. The van der Waals surface area contributed by atoms with E-state index in [1.807, 2.05) is 55.5 Å². The van der Waals surface area contributed by atoms with Gasteiger partial charge in [-0.05, 0) is 41.8 Å². The first kappa shape index (κ1) is 20.6. The summed E-state index contributed by atoms with van der Waals surface area (Å²) in [7, 11) is 1.55. The van der Waals surface area contributed by atoms with Crippen molar-refractivity contribution >= 4 is 27.5 Å². The number of amides is 1. The molecule has 0 saturated heterocycles. The van der Waals surface area contributed by atoms with Gasteiger partial charge in [-0.2, -0.15) is 5.10 Å². The van der Waals surface area contributed by atoms with Crippen LogP contribution < -0.4 is 14.9 Å². The Balaban J connectivity index is 1.57. The van der Waals surface area contributed by atoms with Crippen molar-refractivity contribution in [1.82, 2.24) is 5.43 Å². The zero-order valence-corrected chi connectivity index (χ0v) is 17.8. The van der Waals surface area contributed by atoms with Crippen LogP contribution in [0, 0.1) is 0 Å². The summed E-state index contributed by atoms with van der Waals surface area (Å²) in [5.74, 6) is 0.684. The van der Waals surface area contributed by atoms with E-state index < -0.39 is 0 Å². The fourth-order valence-corrected chi connectivity index (χ4v) is 3.02. The molecule has 0 heterocycles. The van der Waals surface area contributed by atoms with Crippen molar-refractivity contribution in [3.63, 3.8) is 0 Å². The van der Waals surface area contributed by atoms with Gasteiger partial charge in [-0.3, -0.25) is 4.79 Å². The Kier molecular flexibility index (Phi) is 7.03. The highest BCUT2D eigenvalue weighted by atomic mass is 79.9. The molecule has 3 aromatic carbocycles. The fraction of sp³-hybridized carbons (Fsp3) is 0.130. The molecule has 0 atom stereocenters. The largest absolute Gasteiger partial charge is 0.493 e. The minimum Gasteiger partial charge on any atom is -0.493 e. The SMILES string of the molecule is COc1cc(Br)ccc1OCC(=O)N/N=C(/C)c1ccc(-c2ccccc2)cc1. The molecular weight excluding hydrogens is 432 g/mol. The molecule has 0 aliphatic carbocycles. The highest BCUT2D eigenvalue weighted by Gasteiger charge is 2.08. The van der Waals surface area contributed by atoms with E-state index in [1.54, 1.807) is 19.2 Å². The second-order valence-corrected chi connectivity index (χ2v) is 7.18. The van der Waals surface area contributed by atoms with Crippen molar-refractivity contribution in [3.05, 3.63) is 82.8 Å². The van der Waals surface area contributed by atoms with E-state index in [4.69, 9.17) is 9.47 Å². The smallest absolute Gasteiger partial charge is 0.277 e. The van der Waals surface area contributed by atoms with Crippen molar-refractivity contribution in [1.29, 1.82) is 0 Å². The van der Waals surface area contributed by atoms with Crippen molar-refractivity contribution < 1.29 is 14.3 Å². The summed E-state index contributed by atoms with van der Waals surface area (Å²) in [6.45, 7) is 1.68. The second-order valence-electron chi connectivity index (χ2n) is 6.26. The van der Waals surface area contributed by atoms with Crippen LogP contribution in [0.15, 0.2) is 82.4 Å². The van der Waals surface area contributed by atoms with Crippen LogP contribution in [0.2, 0.25) is 0 Å². The van der Waals surface area contributed by atoms with E-state index in [0.717, 1.165) is 21.2 Å². The van der Waals surface area contributed by atoms with E-state index in [1.165, 1.54) is 0 Å². The molecule has 3 rings (SSSR count). The molecule has 148 valence electrons. The highest BCUT2D eigenvalue weighted by molar-refractivity contribution is 9.10. The predicted molar refractivity (Wildman–Crippen MR) is 118 cm³/mol. The van der Waals surface area contributed by atoms with Crippen LogP contribution in [0.4, 0.5) is 0 Å². The van der Waals surface area contributed by atoms with Gasteiger partial charge in [-0.15, -0.1) is 0 Å². The number of hydrogen-bond acceptors (Lipinski definition) is 4. The number of carbonyl (C=O) groups excluding carboxylic acids is 1. The Morgan fingerprint density at radius 1 is 0.966 bits per heavy atom. The molecule has 1 amide bonds. The van der Waals surface area contributed by atoms with Gasteiger partial charge in [-0.25, -0.2) is 5.43 Å². The summed E-state index contributed by atoms with van der Waals surface area (Å²) < 4.78 is 11.6. The lowest BCUT2D eigenvalue weighted by molar-refractivity contribution is -0.123. The van der Waals surface area contributed by atoms with Crippen LogP contribution >= 0.6 is 15.9 Å². The number of hydrazone groups is 1. The number of ether oxygens (including phenoxy) is 2. The third-order valence-electron chi connectivity index (χ3n) is 4.24. The summed E-state index contributed by atoms with van der Waals surface area (Å²) in [5, 5.41) is 4.16. The van der Waals surface area contributed by atoms with Crippen LogP contribution in [0.3, 0.4) is 0 Å². The number of benzene rings is 3. The molecule has 1 N–H and O–H groups in total. The van der Waals surface area contributed by atoms with Gasteiger partial charge in [-0.1, -0.05) is 70.5 Å². The highest BCUT2D eigenvalue weighted by Crippen LogP contribution is 2.30. The lowest BCUT2D eigenvalue weighted by atomic mass is 10.0. The Morgan fingerprint density at radius 3 is 2.34 bits per heavy atom. The van der Waals surface area contributed by atoms with Crippen LogP contribution in [0.25, 0.3) is 11.1 Å². The van der Waals surface area contributed by atoms with Crippen molar-refractivity contribution in [3.8, 4) is 22.6 Å². The molecule has 0 aliphatic rings. The average molecular weight is 453 g/mol. The zero-order chi connectivity index (χ0) is 20.6. The van der Waals surface area contributed by atoms with Crippen molar-refractivity contribution in [2.45, 2.75) is 6.92 Å². The summed E-state index contributed by atoms with van der Waals surface area (Å²) >= 11 is 3.37. The van der Waals surface area contributed by atoms with Gasteiger partial charge in [0.15, 0.2) is 18.1 Å². The number of carbonyl (C=O) groups is 1. The summed E-state index contributed by atoms with van der Waals surface area (Å²) in [6.07, 6.45) is 0. The molecule has 0 aliphatic heterocycles. The van der Waals surface area contributed by atoms with Crippen LogP contribution in [-0.4, -0.2) is 25.3 Å². The summed E-state index contributed by atoms with van der Waals surface area (Å²) in [4.78, 5) is 12.1. The first-order chi connectivity index (χ1) is 14.1. The molecule has 0 saturated carbocycles. The number of rotatable bonds is 7. The first-order valence-electron chi connectivity index (χ1n) is 9.02. The number of halogens is 1. The third-order valence-corrected chi connectivity index (χ3v) is 4.74. The number of hydrogen-bond donors (Lipinski definition) is 1. The van der Waals surface area contributed by atoms with Gasteiger partial charge in [0.25, 0.3) is 5.91 Å². The quantitative estimate of drug-likeness (QED) is 0.403. The molecular formula is C23H21BrN2O3. The standard InChI is InChI=1S/C23H21BrN2O3/c1-16(17-8-10-19(11-9-17)18-6-4-3-5-7-18)25-26-23(27)15-29-21-13-12-20(24)14-22(21)28-2/h3-14H,15H2,1-2H3,(H,26,27)/b25-16-. The van der Waals surface area contributed by atoms with Gasteiger partial charge in [0.2, 0.25) is 0 Å². The minimum atomic E-state index is -0.352. The van der Waals surface area contributed by atoms with Crippen molar-refractivity contribution in [2.75, 3.05) is 13.7 Å². The predicted octanol–water partition coefficient (Wildman–Crippen LogP) is 5.04. The van der Waals surface area contributed by atoms with E-state index in [0.29, 0.717) is 17.2 Å². The number of methoxy groups -OCH3 is 1. The molecule has 0 spiro atoms. The Morgan fingerprint density at radius 2 is 1.66 bits per heavy atom. The molecule has 29 heavy (non-hydrogen) atoms. The number of nitrogens with one attached hydrogen (secondary N) is 1. The molecule has 3 aromatic rings. The molecule has 6 heteroatoms. The maximum Gasteiger partial charge on any atom is 0.277 e.